The number of aromatic amines is 1. The normalized spacial score (nSPS) is 24.2. The highest BCUT2D eigenvalue weighted by Crippen LogP contribution is 2.39. The van der Waals surface area contributed by atoms with E-state index in [0.717, 1.165) is 11.6 Å². The minimum atomic E-state index is -4.66. The number of hydrogen-bond donors (Lipinski definition) is 2. The van der Waals surface area contributed by atoms with Gasteiger partial charge in [-0.25, -0.2) is 9.37 Å². The topological polar surface area (TPSA) is 62.4 Å². The molecule has 0 saturated carbocycles. The van der Waals surface area contributed by atoms with Crippen LogP contribution in [0.3, 0.4) is 0 Å². The Morgan fingerprint density at radius 2 is 2.00 bits per heavy atom. The number of halogens is 4. The van der Waals surface area contributed by atoms with Crippen molar-refractivity contribution in [2.24, 2.45) is 0 Å². The van der Waals surface area contributed by atoms with Crippen molar-refractivity contribution in [2.45, 2.75) is 31.3 Å². The van der Waals surface area contributed by atoms with Gasteiger partial charge in [0.25, 0.3) is 0 Å². The molecule has 1 fully saturated rings. The molecule has 10 heteroatoms. The van der Waals surface area contributed by atoms with Crippen LogP contribution < -0.4 is 10.1 Å². The molecule has 3 aromatic rings. The van der Waals surface area contributed by atoms with E-state index >= 15 is 0 Å². The lowest BCUT2D eigenvalue weighted by Crippen LogP contribution is -2.54. The molecule has 170 valence electrons. The second kappa shape index (κ2) is 7.93. The predicted octanol–water partition coefficient (Wildman–Crippen LogP) is 4.36. The lowest BCUT2D eigenvalue weighted by atomic mass is 9.94. The van der Waals surface area contributed by atoms with Gasteiger partial charge in [-0.05, 0) is 25.1 Å². The van der Waals surface area contributed by atoms with Gasteiger partial charge in [0.2, 0.25) is 5.82 Å². The van der Waals surface area contributed by atoms with Gasteiger partial charge in [0.05, 0.1) is 36.0 Å². The maximum absolute atomic E-state index is 14.9. The molecule has 3 heterocycles. The van der Waals surface area contributed by atoms with Crippen molar-refractivity contribution in [3.63, 3.8) is 0 Å². The molecule has 0 spiro atoms. The van der Waals surface area contributed by atoms with E-state index in [1.54, 1.807) is 0 Å². The highest BCUT2D eigenvalue weighted by Gasteiger charge is 2.39. The van der Waals surface area contributed by atoms with Crippen LogP contribution in [0.5, 0.6) is 5.75 Å². The fourth-order valence-electron chi connectivity index (χ4n) is 4.46. The van der Waals surface area contributed by atoms with Gasteiger partial charge < -0.3 is 19.8 Å². The fourth-order valence-corrected chi connectivity index (χ4v) is 4.46. The largest absolute Gasteiger partial charge is 0.491 e. The number of para-hydroxylation sites is 1. The van der Waals surface area contributed by atoms with Crippen molar-refractivity contribution in [2.75, 3.05) is 31.6 Å². The van der Waals surface area contributed by atoms with Crippen molar-refractivity contribution in [1.82, 2.24) is 14.9 Å². The third-order valence-corrected chi connectivity index (χ3v) is 5.96. The van der Waals surface area contributed by atoms with Crippen LogP contribution in [0.2, 0.25) is 0 Å². The van der Waals surface area contributed by atoms with Crippen LogP contribution in [0, 0.1) is 5.82 Å². The zero-order valence-electron chi connectivity index (χ0n) is 17.2. The minimum Gasteiger partial charge on any atom is -0.491 e. The quantitative estimate of drug-likeness (QED) is 0.581. The zero-order chi connectivity index (χ0) is 22.5. The van der Waals surface area contributed by atoms with Crippen molar-refractivity contribution in [3.8, 4) is 5.75 Å². The molecule has 32 heavy (non-hydrogen) atoms. The number of morpholine rings is 1. The Kier molecular flexibility index (Phi) is 5.21. The zero-order valence-corrected chi connectivity index (χ0v) is 17.2. The van der Waals surface area contributed by atoms with Gasteiger partial charge in [-0.2, -0.15) is 13.2 Å². The average Bonchev–Trinajstić information content (AvgIpc) is 3.21. The number of nitrogens with zero attached hydrogens (tertiary/aromatic N) is 2. The first-order valence-corrected chi connectivity index (χ1v) is 10.4. The summed E-state index contributed by atoms with van der Waals surface area (Å²) in [7, 11) is 0. The molecule has 2 N–H and O–H groups in total. The van der Waals surface area contributed by atoms with E-state index in [9.17, 15) is 17.6 Å². The van der Waals surface area contributed by atoms with E-state index in [0.29, 0.717) is 32.1 Å². The summed E-state index contributed by atoms with van der Waals surface area (Å²) in [4.78, 5) is 8.13. The van der Waals surface area contributed by atoms with Crippen molar-refractivity contribution < 1.29 is 27.0 Å². The van der Waals surface area contributed by atoms with Crippen LogP contribution in [0.15, 0.2) is 36.4 Å². The van der Waals surface area contributed by atoms with E-state index in [1.807, 2.05) is 31.2 Å². The van der Waals surface area contributed by atoms with Crippen LogP contribution in [0.25, 0.3) is 11.0 Å². The van der Waals surface area contributed by atoms with E-state index in [2.05, 4.69) is 20.2 Å². The third-order valence-electron chi connectivity index (χ3n) is 5.96. The van der Waals surface area contributed by atoms with E-state index in [1.165, 1.54) is 6.07 Å². The van der Waals surface area contributed by atoms with E-state index in [4.69, 9.17) is 9.47 Å². The molecule has 5 rings (SSSR count). The highest BCUT2D eigenvalue weighted by molar-refractivity contribution is 5.89. The minimum absolute atomic E-state index is 0.0300. The summed E-state index contributed by atoms with van der Waals surface area (Å²) in [6.07, 6.45) is -4.63. The Morgan fingerprint density at radius 1 is 1.19 bits per heavy atom. The number of benzene rings is 2. The average molecular weight is 450 g/mol. The maximum atomic E-state index is 14.9. The molecule has 2 aliphatic rings. The van der Waals surface area contributed by atoms with Crippen LogP contribution in [-0.4, -0.2) is 53.3 Å². The van der Waals surface area contributed by atoms with Gasteiger partial charge in [0.15, 0.2) is 0 Å². The fraction of sp³-hybridized carbons (Fsp3) is 0.409. The van der Waals surface area contributed by atoms with Gasteiger partial charge >= 0.3 is 6.18 Å². The van der Waals surface area contributed by atoms with Crippen molar-refractivity contribution >= 4 is 16.7 Å². The summed E-state index contributed by atoms with van der Waals surface area (Å²) in [6, 6.07) is 9.22. The number of imidazole rings is 1. The maximum Gasteiger partial charge on any atom is 0.449 e. The van der Waals surface area contributed by atoms with Crippen LogP contribution in [-0.2, 0) is 10.9 Å². The number of nitrogens with one attached hydrogen (secondary N) is 2. The molecule has 2 aliphatic heterocycles. The van der Waals surface area contributed by atoms with E-state index < -0.39 is 23.9 Å². The summed E-state index contributed by atoms with van der Waals surface area (Å²) in [5, 5.41) is 3.19. The van der Waals surface area contributed by atoms with Crippen molar-refractivity contribution in [3.05, 3.63) is 53.6 Å². The highest BCUT2D eigenvalue weighted by atomic mass is 19.4. The van der Waals surface area contributed by atoms with Gasteiger partial charge in [0.1, 0.15) is 23.7 Å². The number of fused-ring (bicyclic) bond motifs is 2. The predicted molar refractivity (Wildman–Crippen MR) is 110 cm³/mol. The Labute approximate surface area is 181 Å². The molecular formula is C22H22F4N4O2. The number of ether oxygens (including phenoxy) is 2. The SMILES string of the molecule is C[C@@H]1CN([C@H]2COc3ccccc3[C@@H]2Nc2c(F)ccc3[nH]c(C(F)(F)F)nc23)CCO1. The molecule has 0 aliphatic carbocycles. The molecule has 0 radical (unpaired) electrons. The Bertz CT molecular complexity index is 1130. The van der Waals surface area contributed by atoms with Crippen molar-refractivity contribution in [1.29, 1.82) is 0 Å². The number of alkyl halides is 3. The molecule has 0 bridgehead atoms. The number of rotatable bonds is 3. The molecule has 1 aromatic heterocycles. The standard InChI is InChI=1S/C22H22F4N4O2/c1-12-10-30(8-9-31-12)16-11-32-17-5-3-2-4-13(17)18(16)28-19-14(23)6-7-15-20(19)29-21(27-15)22(24,25)26/h2-7,12,16,18,28H,8-11H2,1H3,(H,27,29)/t12-,16+,18+/m1/s1. The molecule has 0 unspecified atom stereocenters. The molecule has 1 saturated heterocycles. The molecule has 0 amide bonds. The van der Waals surface area contributed by atoms with E-state index in [-0.39, 0.29) is 28.9 Å². The summed E-state index contributed by atoms with van der Waals surface area (Å²) in [6.45, 7) is 4.24. The van der Waals surface area contributed by atoms with Gasteiger partial charge in [0, 0.05) is 18.7 Å². The Hall–Kier alpha value is -2.85. The second-order valence-electron chi connectivity index (χ2n) is 8.12. The Balaban J connectivity index is 1.57. The summed E-state index contributed by atoms with van der Waals surface area (Å²) in [5.41, 5.74) is 0.765. The smallest absolute Gasteiger partial charge is 0.449 e. The van der Waals surface area contributed by atoms with Gasteiger partial charge in [-0.1, -0.05) is 18.2 Å². The lowest BCUT2D eigenvalue weighted by Gasteiger charge is -2.44. The molecular weight excluding hydrogens is 428 g/mol. The molecule has 2 aromatic carbocycles. The van der Waals surface area contributed by atoms with Crippen LogP contribution in [0.4, 0.5) is 23.2 Å². The van der Waals surface area contributed by atoms with Crippen LogP contribution in [0.1, 0.15) is 24.4 Å². The summed E-state index contributed by atoms with van der Waals surface area (Å²) in [5.74, 6) is -1.17. The number of anilines is 1. The van der Waals surface area contributed by atoms with Crippen LogP contribution >= 0.6 is 0 Å². The first kappa shape index (κ1) is 21.0. The molecule has 3 atom stereocenters. The second-order valence-corrected chi connectivity index (χ2v) is 8.12. The van der Waals surface area contributed by atoms with Gasteiger partial charge in [-0.3, -0.25) is 4.90 Å². The Morgan fingerprint density at radius 3 is 2.78 bits per heavy atom. The first-order chi connectivity index (χ1) is 15.3. The third kappa shape index (κ3) is 3.77. The summed E-state index contributed by atoms with van der Waals surface area (Å²) >= 11 is 0. The number of aromatic nitrogens is 2. The molecule has 6 nitrogen and oxygen atoms in total. The first-order valence-electron chi connectivity index (χ1n) is 10.4. The lowest BCUT2D eigenvalue weighted by molar-refractivity contribution is -0.144. The number of hydrogen-bond acceptors (Lipinski definition) is 5. The number of H-pyrrole nitrogens is 1. The monoisotopic (exact) mass is 450 g/mol. The van der Waals surface area contributed by atoms with Gasteiger partial charge in [-0.15, -0.1) is 0 Å². The summed E-state index contributed by atoms with van der Waals surface area (Å²) < 4.78 is 66.2.